The first-order valence-electron chi connectivity index (χ1n) is 4.09. The maximum Gasteiger partial charge on any atom is 0.174 e. The van der Waals surface area contributed by atoms with Crippen molar-refractivity contribution in [1.82, 2.24) is 0 Å². The molecule has 0 saturated heterocycles. The fraction of sp³-hybridized carbons (Fsp3) is 0.200. The predicted octanol–water partition coefficient (Wildman–Crippen LogP) is 1.77. The van der Waals surface area contributed by atoms with Gasteiger partial charge in [0.25, 0.3) is 0 Å². The highest BCUT2D eigenvalue weighted by Crippen LogP contribution is 1.99. The van der Waals surface area contributed by atoms with Gasteiger partial charge in [0, 0.05) is 0 Å². The molecule has 0 spiro atoms. The van der Waals surface area contributed by atoms with Crippen molar-refractivity contribution >= 4 is 12.0 Å². The van der Waals surface area contributed by atoms with Gasteiger partial charge in [-0.15, -0.1) is 0 Å². The minimum absolute atomic E-state index is 0.0440. The minimum Gasteiger partial charge on any atom is -0.388 e. The summed E-state index contributed by atoms with van der Waals surface area (Å²) < 4.78 is 12.5. The zero-order valence-electron chi connectivity index (χ0n) is 7.74. The molecule has 0 aliphatic rings. The number of nitrogens with zero attached hydrogens (tertiary/aromatic N) is 1. The highest BCUT2D eigenvalue weighted by atomic mass is 18.2. The third-order valence-corrected chi connectivity index (χ3v) is 1.41. The molecule has 0 fully saturated rings. The second-order valence-electron chi connectivity index (χ2n) is 2.76. The van der Waals surface area contributed by atoms with Crippen LogP contribution in [0, 0.1) is 5.82 Å². The van der Waals surface area contributed by atoms with Crippen LogP contribution in [0.3, 0.4) is 0 Å². The maximum absolute atomic E-state index is 12.5. The molecule has 0 radical (unpaired) electrons. The van der Waals surface area contributed by atoms with Gasteiger partial charge in [0.05, 0.1) is 6.21 Å². The van der Waals surface area contributed by atoms with Crippen LogP contribution in [-0.2, 0) is 9.63 Å². The van der Waals surface area contributed by atoms with E-state index >= 15 is 0 Å². The van der Waals surface area contributed by atoms with E-state index in [1.807, 2.05) is 0 Å². The Balaban J connectivity index is 2.44. The van der Waals surface area contributed by atoms with Gasteiger partial charge in [-0.2, -0.15) is 0 Å². The van der Waals surface area contributed by atoms with Crippen molar-refractivity contribution in [3.8, 4) is 0 Å². The second-order valence-corrected chi connectivity index (χ2v) is 2.76. The Bertz CT molecular complexity index is 332. The van der Waals surface area contributed by atoms with Crippen LogP contribution in [0.5, 0.6) is 0 Å². The summed E-state index contributed by atoms with van der Waals surface area (Å²) in [7, 11) is 0. The van der Waals surface area contributed by atoms with Crippen molar-refractivity contribution in [2.75, 3.05) is 6.61 Å². The summed E-state index contributed by atoms with van der Waals surface area (Å²) in [5, 5.41) is 3.54. The highest BCUT2D eigenvalue weighted by Gasteiger charge is 1.91. The van der Waals surface area contributed by atoms with Crippen LogP contribution in [0.15, 0.2) is 29.4 Å². The van der Waals surface area contributed by atoms with Gasteiger partial charge in [-0.25, -0.2) is 4.39 Å². The molecule has 14 heavy (non-hydrogen) atoms. The van der Waals surface area contributed by atoms with E-state index in [2.05, 4.69) is 9.99 Å². The molecular weight excluding hydrogens is 184 g/mol. The van der Waals surface area contributed by atoms with Crippen molar-refractivity contribution in [1.29, 1.82) is 0 Å². The summed E-state index contributed by atoms with van der Waals surface area (Å²) in [6, 6.07) is 5.78. The summed E-state index contributed by atoms with van der Waals surface area (Å²) in [4.78, 5) is 15.1. The summed E-state index contributed by atoms with van der Waals surface area (Å²) in [5.41, 5.74) is 0.718. The molecule has 1 rings (SSSR count). The molecule has 0 amide bonds. The lowest BCUT2D eigenvalue weighted by Crippen LogP contribution is -1.99. The Labute approximate surface area is 81.2 Å². The molecule has 74 valence electrons. The summed E-state index contributed by atoms with van der Waals surface area (Å²) in [6.07, 6.45) is 1.42. The van der Waals surface area contributed by atoms with Crippen molar-refractivity contribution < 1.29 is 14.0 Å². The quantitative estimate of drug-likeness (QED) is 0.541. The molecule has 0 aromatic heterocycles. The number of hydrogen-bond donors (Lipinski definition) is 0. The van der Waals surface area contributed by atoms with Crippen molar-refractivity contribution in [3.05, 3.63) is 35.6 Å². The Kier molecular flexibility index (Phi) is 3.79. The fourth-order valence-corrected chi connectivity index (χ4v) is 0.775. The van der Waals surface area contributed by atoms with E-state index in [0.29, 0.717) is 0 Å². The topological polar surface area (TPSA) is 38.7 Å². The lowest BCUT2D eigenvalue weighted by Gasteiger charge is -1.94. The number of oxime groups is 1. The highest BCUT2D eigenvalue weighted by molar-refractivity contribution is 5.79. The SMILES string of the molecule is CC(=O)CO/N=C/c1ccc([18F])cc1. The third kappa shape index (κ3) is 3.80. The molecule has 0 bridgehead atoms. The minimum atomic E-state index is -0.299. The van der Waals surface area contributed by atoms with Gasteiger partial charge in [-0.3, -0.25) is 4.79 Å². The van der Waals surface area contributed by atoms with Gasteiger partial charge in [0.15, 0.2) is 12.4 Å². The average Bonchev–Trinajstić information content (AvgIpc) is 2.15. The van der Waals surface area contributed by atoms with E-state index in [-0.39, 0.29) is 18.2 Å². The number of ketones is 1. The van der Waals surface area contributed by atoms with Crippen molar-refractivity contribution in [2.45, 2.75) is 6.92 Å². The van der Waals surface area contributed by atoms with Crippen molar-refractivity contribution in [3.63, 3.8) is 0 Å². The van der Waals surface area contributed by atoms with E-state index in [0.717, 1.165) is 5.56 Å². The van der Waals surface area contributed by atoms with Crippen LogP contribution < -0.4 is 0 Å². The molecule has 4 heteroatoms. The van der Waals surface area contributed by atoms with Crippen molar-refractivity contribution in [2.24, 2.45) is 5.16 Å². The third-order valence-electron chi connectivity index (χ3n) is 1.41. The standard InChI is InChI=1S/C10H10FNO2/c1-8(13)7-14-12-6-9-2-4-10(11)5-3-9/h2-6H,7H2,1H3/b12-6+/i11-1. The van der Waals surface area contributed by atoms with Crippen LogP contribution in [-0.4, -0.2) is 18.6 Å². The monoisotopic (exact) mass is 194 g/mol. The van der Waals surface area contributed by atoms with Gasteiger partial charge < -0.3 is 4.84 Å². The molecule has 0 unspecified atom stereocenters. The van der Waals surface area contributed by atoms with Gasteiger partial charge in [0.2, 0.25) is 0 Å². The Morgan fingerprint density at radius 1 is 1.50 bits per heavy atom. The summed E-state index contributed by atoms with van der Waals surface area (Å²) >= 11 is 0. The lowest BCUT2D eigenvalue weighted by atomic mass is 10.2. The predicted molar refractivity (Wildman–Crippen MR) is 50.6 cm³/mol. The molecule has 1 aromatic rings. The number of benzene rings is 1. The summed E-state index contributed by atoms with van der Waals surface area (Å²) in [5.74, 6) is -0.395. The number of rotatable bonds is 4. The molecule has 0 atom stereocenters. The van der Waals surface area contributed by atoms with Crippen LogP contribution in [0.1, 0.15) is 12.5 Å². The van der Waals surface area contributed by atoms with E-state index in [4.69, 9.17) is 0 Å². The number of carbonyl (C=O) groups excluding carboxylic acids is 1. The van der Waals surface area contributed by atoms with E-state index in [9.17, 15) is 9.18 Å². The number of hydrogen-bond acceptors (Lipinski definition) is 3. The molecule has 1 aromatic carbocycles. The largest absolute Gasteiger partial charge is 0.388 e. The zero-order valence-corrected chi connectivity index (χ0v) is 7.74. The fourth-order valence-electron chi connectivity index (χ4n) is 0.775. The molecular formula is C10H10FNO2. The smallest absolute Gasteiger partial charge is 0.174 e. The average molecular weight is 194 g/mol. The van der Waals surface area contributed by atoms with E-state index < -0.39 is 0 Å². The molecule has 0 aliphatic carbocycles. The Morgan fingerprint density at radius 2 is 2.14 bits per heavy atom. The molecule has 0 aliphatic heterocycles. The van der Waals surface area contributed by atoms with Gasteiger partial charge in [0.1, 0.15) is 5.82 Å². The van der Waals surface area contributed by atoms with Gasteiger partial charge in [-0.1, -0.05) is 17.3 Å². The zero-order chi connectivity index (χ0) is 10.4. The van der Waals surface area contributed by atoms with Crippen LogP contribution in [0.4, 0.5) is 4.39 Å². The number of carbonyl (C=O) groups is 1. The van der Waals surface area contributed by atoms with E-state index in [1.165, 1.54) is 25.3 Å². The lowest BCUT2D eigenvalue weighted by molar-refractivity contribution is -0.121. The summed E-state index contributed by atoms with van der Waals surface area (Å²) in [6.45, 7) is 1.37. The molecule has 0 heterocycles. The first-order chi connectivity index (χ1) is 6.68. The molecule has 0 N–H and O–H groups in total. The molecule has 3 nitrogen and oxygen atoms in total. The van der Waals surface area contributed by atoms with Crippen LogP contribution >= 0.6 is 0 Å². The van der Waals surface area contributed by atoms with Gasteiger partial charge in [-0.05, 0) is 24.6 Å². The number of halogens is 1. The second kappa shape index (κ2) is 5.11. The normalized spacial score (nSPS) is 10.4. The Hall–Kier alpha value is -1.71. The van der Waals surface area contributed by atoms with E-state index in [1.54, 1.807) is 12.1 Å². The van der Waals surface area contributed by atoms with Crippen LogP contribution in [0.2, 0.25) is 0 Å². The molecule has 0 saturated carbocycles. The van der Waals surface area contributed by atoms with Crippen LogP contribution in [0.25, 0.3) is 0 Å². The number of Topliss-reactive ketones (excluding diaryl/α,β-unsaturated/α-hetero) is 1. The van der Waals surface area contributed by atoms with Gasteiger partial charge >= 0.3 is 0 Å². The first-order valence-corrected chi connectivity index (χ1v) is 4.09. The Morgan fingerprint density at radius 3 is 2.71 bits per heavy atom. The first kappa shape index (κ1) is 10.4. The maximum atomic E-state index is 12.5.